The lowest BCUT2D eigenvalue weighted by atomic mass is 9.98. The van der Waals surface area contributed by atoms with Crippen LogP contribution < -0.4 is 20.7 Å². The minimum Gasteiger partial charge on any atom is -0.497 e. The second kappa shape index (κ2) is 12.5. The van der Waals surface area contributed by atoms with Crippen LogP contribution in [-0.2, 0) is 0 Å². The molecule has 182 valence electrons. The number of benzene rings is 2. The molecule has 0 saturated heterocycles. The van der Waals surface area contributed by atoms with Gasteiger partial charge in [0.1, 0.15) is 17.8 Å². The smallest absolute Gasteiger partial charge is 0.148 e. The largest absolute Gasteiger partial charge is 0.497 e. The summed E-state index contributed by atoms with van der Waals surface area (Å²) in [6, 6.07) is 15.8. The summed E-state index contributed by atoms with van der Waals surface area (Å²) in [7, 11) is 1.59. The quantitative estimate of drug-likeness (QED) is 0.452. The third-order valence-electron chi connectivity index (χ3n) is 5.78. The monoisotopic (exact) mass is 469 g/mol. The van der Waals surface area contributed by atoms with Crippen LogP contribution in [0.4, 0.5) is 5.69 Å². The predicted octanol–water partition coefficient (Wildman–Crippen LogP) is 6.17. The standard InChI is InChI=1S/C27H29N5O.C2H6/c1-4-15-29-24-11-7-5-9-21(24)18(2)30-27-23-10-6-8-12-25(23)31-26(32-27)22-14-13-20(33-3)16-19(22)17-28;1-2/h6-8,10-14,16,26,29,31H,2,4-5,9,15H2,1,3H3,(H,30,32);1-2H3. The fraction of sp³-hybridized carbons (Fsp3) is 0.310. The number of fused-ring (bicyclic) bond motifs is 1. The second-order valence-corrected chi connectivity index (χ2v) is 8.00. The van der Waals surface area contributed by atoms with Gasteiger partial charge in [-0.05, 0) is 55.2 Å². The number of aliphatic imine (C=N–C) groups is 1. The number of nitriles is 1. The van der Waals surface area contributed by atoms with Crippen LogP contribution >= 0.6 is 0 Å². The van der Waals surface area contributed by atoms with E-state index < -0.39 is 6.17 Å². The number of nitrogens with one attached hydrogen (secondary N) is 3. The third kappa shape index (κ3) is 5.93. The van der Waals surface area contributed by atoms with E-state index >= 15 is 0 Å². The van der Waals surface area contributed by atoms with Crippen LogP contribution in [0.2, 0.25) is 0 Å². The van der Waals surface area contributed by atoms with Crippen molar-refractivity contribution in [3.8, 4) is 11.8 Å². The van der Waals surface area contributed by atoms with Gasteiger partial charge in [-0.3, -0.25) is 0 Å². The summed E-state index contributed by atoms with van der Waals surface area (Å²) in [5.74, 6) is 1.38. The minimum atomic E-state index is -0.409. The zero-order valence-corrected chi connectivity index (χ0v) is 21.1. The summed E-state index contributed by atoms with van der Waals surface area (Å²) < 4.78 is 5.29. The Morgan fingerprint density at radius 2 is 2.06 bits per heavy atom. The highest BCUT2D eigenvalue weighted by Gasteiger charge is 2.24. The molecule has 1 unspecified atom stereocenters. The maximum atomic E-state index is 9.71. The van der Waals surface area contributed by atoms with Crippen LogP contribution in [0, 0.1) is 11.3 Å². The number of hydrogen-bond acceptors (Lipinski definition) is 6. The van der Waals surface area contributed by atoms with Gasteiger partial charge in [-0.2, -0.15) is 5.26 Å². The third-order valence-corrected chi connectivity index (χ3v) is 5.78. The summed E-state index contributed by atoms with van der Waals surface area (Å²) >= 11 is 0. The Labute approximate surface area is 209 Å². The van der Waals surface area contributed by atoms with Crippen LogP contribution in [0.15, 0.2) is 83.2 Å². The van der Waals surface area contributed by atoms with Gasteiger partial charge in [0.25, 0.3) is 0 Å². The Morgan fingerprint density at radius 1 is 1.26 bits per heavy atom. The molecule has 6 nitrogen and oxygen atoms in total. The number of hydrogen-bond donors (Lipinski definition) is 3. The number of allylic oxidation sites excluding steroid dienone is 3. The first-order chi connectivity index (χ1) is 17.1. The Balaban J connectivity index is 0.00000167. The molecule has 1 aliphatic heterocycles. The van der Waals surface area contributed by atoms with Gasteiger partial charge < -0.3 is 20.7 Å². The van der Waals surface area contributed by atoms with E-state index in [1.165, 1.54) is 5.57 Å². The van der Waals surface area contributed by atoms with Crippen molar-refractivity contribution in [1.82, 2.24) is 10.6 Å². The highest BCUT2D eigenvalue weighted by atomic mass is 16.5. The summed E-state index contributed by atoms with van der Waals surface area (Å²) in [6.07, 6.45) is 6.88. The molecule has 0 amide bonds. The van der Waals surface area contributed by atoms with Gasteiger partial charge in [0, 0.05) is 34.8 Å². The Morgan fingerprint density at radius 3 is 2.80 bits per heavy atom. The molecule has 0 aromatic heterocycles. The average Bonchev–Trinajstić information content (AvgIpc) is 2.92. The molecular weight excluding hydrogens is 434 g/mol. The normalized spacial score (nSPS) is 16.0. The van der Waals surface area contributed by atoms with Gasteiger partial charge in [-0.25, -0.2) is 4.99 Å². The molecule has 1 atom stereocenters. The van der Waals surface area contributed by atoms with Gasteiger partial charge in [-0.15, -0.1) is 0 Å². The Kier molecular flexibility index (Phi) is 9.14. The zero-order valence-electron chi connectivity index (χ0n) is 21.1. The van der Waals surface area contributed by atoms with Gasteiger partial charge >= 0.3 is 0 Å². The summed E-state index contributed by atoms with van der Waals surface area (Å²) in [5, 5.41) is 20.2. The van der Waals surface area contributed by atoms with E-state index in [0.29, 0.717) is 11.3 Å². The fourth-order valence-electron chi connectivity index (χ4n) is 4.06. The van der Waals surface area contributed by atoms with Crippen molar-refractivity contribution in [2.45, 2.75) is 46.2 Å². The van der Waals surface area contributed by atoms with Crippen LogP contribution in [0.25, 0.3) is 0 Å². The van der Waals surface area contributed by atoms with E-state index in [1.807, 2.05) is 50.2 Å². The highest BCUT2D eigenvalue weighted by molar-refractivity contribution is 6.06. The van der Waals surface area contributed by atoms with Gasteiger partial charge in [0.15, 0.2) is 0 Å². The fourth-order valence-corrected chi connectivity index (χ4v) is 4.06. The first-order valence-electron chi connectivity index (χ1n) is 12.3. The number of rotatable bonds is 7. The lowest BCUT2D eigenvalue weighted by molar-refractivity contribution is 0.414. The summed E-state index contributed by atoms with van der Waals surface area (Å²) in [5.41, 5.74) is 6.36. The molecule has 2 aromatic rings. The van der Waals surface area contributed by atoms with E-state index in [-0.39, 0.29) is 0 Å². The maximum absolute atomic E-state index is 9.71. The van der Waals surface area contributed by atoms with E-state index in [2.05, 4.69) is 47.7 Å². The van der Waals surface area contributed by atoms with Crippen molar-refractivity contribution in [2.24, 2.45) is 4.99 Å². The molecule has 0 radical (unpaired) electrons. The Hall–Kier alpha value is -3.98. The highest BCUT2D eigenvalue weighted by Crippen LogP contribution is 2.33. The van der Waals surface area contributed by atoms with Crippen LogP contribution in [0.1, 0.15) is 62.9 Å². The van der Waals surface area contributed by atoms with Gasteiger partial charge in [0.05, 0.1) is 18.7 Å². The van der Waals surface area contributed by atoms with Crippen molar-refractivity contribution in [3.63, 3.8) is 0 Å². The van der Waals surface area contributed by atoms with Crippen LogP contribution in [-0.4, -0.2) is 19.5 Å². The lowest BCUT2D eigenvalue weighted by Gasteiger charge is -2.28. The van der Waals surface area contributed by atoms with Crippen molar-refractivity contribution < 1.29 is 4.74 Å². The molecule has 6 heteroatoms. The van der Waals surface area contributed by atoms with Gasteiger partial charge in [0.2, 0.25) is 0 Å². The number of amidine groups is 1. The van der Waals surface area contributed by atoms with Crippen molar-refractivity contribution in [3.05, 3.63) is 94.9 Å². The predicted molar refractivity (Wildman–Crippen MR) is 144 cm³/mol. The molecule has 3 N–H and O–H groups in total. The number of para-hydroxylation sites is 1. The molecule has 2 aromatic carbocycles. The molecular formula is C29H35N5O. The molecule has 0 bridgehead atoms. The first-order valence-corrected chi connectivity index (χ1v) is 12.3. The van der Waals surface area contributed by atoms with Crippen LogP contribution in [0.3, 0.4) is 0 Å². The van der Waals surface area contributed by atoms with E-state index in [1.54, 1.807) is 13.2 Å². The van der Waals surface area contributed by atoms with Crippen LogP contribution in [0.5, 0.6) is 5.75 Å². The van der Waals surface area contributed by atoms with E-state index in [4.69, 9.17) is 9.73 Å². The molecule has 35 heavy (non-hydrogen) atoms. The van der Waals surface area contributed by atoms with Crippen molar-refractivity contribution in [1.29, 1.82) is 5.26 Å². The van der Waals surface area contributed by atoms with Crippen molar-refractivity contribution >= 4 is 11.5 Å². The summed E-state index contributed by atoms with van der Waals surface area (Å²) in [4.78, 5) is 4.96. The molecule has 2 aliphatic rings. The summed E-state index contributed by atoms with van der Waals surface area (Å²) in [6.45, 7) is 11.4. The molecule has 4 rings (SSSR count). The molecule has 1 heterocycles. The van der Waals surface area contributed by atoms with E-state index in [9.17, 15) is 5.26 Å². The molecule has 1 aliphatic carbocycles. The zero-order chi connectivity index (χ0) is 25.2. The molecule has 0 spiro atoms. The molecule has 0 fully saturated rings. The SMILES string of the molecule is C=C(NC1=NC(c2ccc(OC)cc2C#N)Nc2ccccc21)C1=C(NCCC)C=CCC1.CC. The van der Waals surface area contributed by atoms with Crippen molar-refractivity contribution in [2.75, 3.05) is 19.0 Å². The number of ether oxygens (including phenoxy) is 1. The van der Waals surface area contributed by atoms with E-state index in [0.717, 1.165) is 59.9 Å². The maximum Gasteiger partial charge on any atom is 0.148 e. The second-order valence-electron chi connectivity index (χ2n) is 8.00. The topological polar surface area (TPSA) is 81.5 Å². The number of anilines is 1. The Bertz CT molecular complexity index is 1190. The number of methoxy groups -OCH3 is 1. The first kappa shape index (κ1) is 25.6. The minimum absolute atomic E-state index is 0.409. The number of nitrogens with zero attached hydrogens (tertiary/aromatic N) is 2. The average molecular weight is 470 g/mol. The lowest BCUT2D eigenvalue weighted by Crippen LogP contribution is -2.32. The molecule has 0 saturated carbocycles. The van der Waals surface area contributed by atoms with Gasteiger partial charge in [-0.1, -0.05) is 51.6 Å².